The average molecular weight is 266 g/mol. The molecule has 0 aromatic heterocycles. The highest BCUT2D eigenvalue weighted by Gasteiger charge is 2.40. The normalized spacial score (nSPS) is 13.5. The molecule has 4 nitrogen and oxygen atoms in total. The van der Waals surface area contributed by atoms with E-state index >= 15 is 0 Å². The predicted molar refractivity (Wildman–Crippen MR) is 73.8 cm³/mol. The largest absolute Gasteiger partial charge is 0.496 e. The molecule has 1 atom stereocenters. The molecule has 0 saturated carbocycles. The van der Waals surface area contributed by atoms with Crippen LogP contribution in [-0.2, 0) is 14.9 Å². The molecular weight excluding hydrogens is 244 g/mol. The number of hydrogen-bond donors (Lipinski definition) is 0. The second-order valence-electron chi connectivity index (χ2n) is 4.44. The molecule has 0 aliphatic rings. The van der Waals surface area contributed by atoms with E-state index in [4.69, 9.17) is 14.2 Å². The average Bonchev–Trinajstić information content (AvgIpc) is 2.45. The lowest BCUT2D eigenvalue weighted by molar-refractivity contribution is -0.149. The first-order valence-corrected chi connectivity index (χ1v) is 6.43. The van der Waals surface area contributed by atoms with E-state index in [1.807, 2.05) is 32.0 Å². The lowest BCUT2D eigenvalue weighted by atomic mass is 9.79. The van der Waals surface area contributed by atoms with Crippen molar-refractivity contribution in [1.29, 1.82) is 0 Å². The number of carbonyl (C=O) groups excluding carboxylic acids is 1. The highest BCUT2D eigenvalue weighted by Crippen LogP contribution is 2.41. The third-order valence-corrected chi connectivity index (χ3v) is 3.41. The number of esters is 1. The van der Waals surface area contributed by atoms with Crippen molar-refractivity contribution in [2.75, 3.05) is 20.8 Å². The van der Waals surface area contributed by atoms with Gasteiger partial charge in [-0.25, -0.2) is 0 Å². The maximum atomic E-state index is 12.3. The van der Waals surface area contributed by atoms with Gasteiger partial charge < -0.3 is 14.2 Å². The second kappa shape index (κ2) is 6.45. The quantitative estimate of drug-likeness (QED) is 0.743. The Labute approximate surface area is 114 Å². The standard InChI is InChI=1S/C15H22O4/c1-6-15(3,14(16)19-7-2)13-11(17-4)9-8-10-12(13)18-5/h8-10H,6-7H2,1-5H3. The lowest BCUT2D eigenvalue weighted by Gasteiger charge is -2.29. The van der Waals surface area contributed by atoms with Crippen LogP contribution < -0.4 is 9.47 Å². The van der Waals surface area contributed by atoms with E-state index in [-0.39, 0.29) is 5.97 Å². The molecule has 0 radical (unpaired) electrons. The zero-order valence-corrected chi connectivity index (χ0v) is 12.3. The number of benzene rings is 1. The van der Waals surface area contributed by atoms with E-state index in [2.05, 4.69) is 0 Å². The van der Waals surface area contributed by atoms with Gasteiger partial charge in [-0.3, -0.25) is 4.79 Å². The van der Waals surface area contributed by atoms with Crippen molar-refractivity contribution in [2.45, 2.75) is 32.6 Å². The first-order valence-electron chi connectivity index (χ1n) is 6.43. The summed E-state index contributed by atoms with van der Waals surface area (Å²) < 4.78 is 16.0. The third-order valence-electron chi connectivity index (χ3n) is 3.41. The van der Waals surface area contributed by atoms with Crippen molar-refractivity contribution in [1.82, 2.24) is 0 Å². The van der Waals surface area contributed by atoms with Crippen LogP contribution in [0.4, 0.5) is 0 Å². The fourth-order valence-electron chi connectivity index (χ4n) is 2.11. The zero-order valence-electron chi connectivity index (χ0n) is 12.3. The van der Waals surface area contributed by atoms with Gasteiger partial charge in [0.05, 0.1) is 31.8 Å². The van der Waals surface area contributed by atoms with E-state index in [9.17, 15) is 4.79 Å². The fraction of sp³-hybridized carbons (Fsp3) is 0.533. The van der Waals surface area contributed by atoms with Crippen LogP contribution in [0.15, 0.2) is 18.2 Å². The summed E-state index contributed by atoms with van der Waals surface area (Å²) in [6.45, 7) is 5.95. The van der Waals surface area contributed by atoms with Crippen LogP contribution in [0, 0.1) is 0 Å². The minimum absolute atomic E-state index is 0.264. The van der Waals surface area contributed by atoms with Crippen molar-refractivity contribution in [3.05, 3.63) is 23.8 Å². The van der Waals surface area contributed by atoms with E-state index in [1.165, 1.54) is 0 Å². The molecule has 19 heavy (non-hydrogen) atoms. The van der Waals surface area contributed by atoms with Crippen LogP contribution in [0.25, 0.3) is 0 Å². The second-order valence-corrected chi connectivity index (χ2v) is 4.44. The Balaban J connectivity index is 3.42. The fourth-order valence-corrected chi connectivity index (χ4v) is 2.11. The molecule has 0 fully saturated rings. The van der Waals surface area contributed by atoms with Crippen molar-refractivity contribution >= 4 is 5.97 Å². The smallest absolute Gasteiger partial charge is 0.316 e. The number of hydrogen-bond acceptors (Lipinski definition) is 4. The summed E-state index contributed by atoms with van der Waals surface area (Å²) in [6, 6.07) is 5.48. The summed E-state index contributed by atoms with van der Waals surface area (Å²) in [5, 5.41) is 0. The molecule has 0 saturated heterocycles. The number of carbonyl (C=O) groups is 1. The molecule has 4 heteroatoms. The van der Waals surface area contributed by atoms with Gasteiger partial charge in [-0.2, -0.15) is 0 Å². The Morgan fingerprint density at radius 2 is 1.68 bits per heavy atom. The summed E-state index contributed by atoms with van der Waals surface area (Å²) in [4.78, 5) is 12.3. The minimum Gasteiger partial charge on any atom is -0.496 e. The van der Waals surface area contributed by atoms with E-state index in [1.54, 1.807) is 21.1 Å². The Kier molecular flexibility index (Phi) is 5.21. The van der Waals surface area contributed by atoms with E-state index in [0.29, 0.717) is 24.5 Å². The highest BCUT2D eigenvalue weighted by molar-refractivity contribution is 5.85. The lowest BCUT2D eigenvalue weighted by Crippen LogP contribution is -2.34. The Morgan fingerprint density at radius 3 is 2.05 bits per heavy atom. The summed E-state index contributed by atoms with van der Waals surface area (Å²) >= 11 is 0. The molecule has 0 N–H and O–H groups in total. The van der Waals surface area contributed by atoms with Crippen molar-refractivity contribution in [2.24, 2.45) is 0 Å². The Hall–Kier alpha value is -1.71. The molecule has 0 spiro atoms. The molecule has 1 aromatic carbocycles. The molecule has 0 heterocycles. The number of methoxy groups -OCH3 is 2. The van der Waals surface area contributed by atoms with Gasteiger partial charge in [0.15, 0.2) is 0 Å². The van der Waals surface area contributed by atoms with Crippen molar-refractivity contribution < 1.29 is 19.0 Å². The highest BCUT2D eigenvalue weighted by atomic mass is 16.5. The summed E-state index contributed by atoms with van der Waals surface area (Å²) in [5.74, 6) is 1.01. The third kappa shape index (κ3) is 2.83. The minimum atomic E-state index is -0.784. The predicted octanol–water partition coefficient (Wildman–Crippen LogP) is 2.93. The van der Waals surface area contributed by atoms with Crippen LogP contribution in [0.3, 0.4) is 0 Å². The van der Waals surface area contributed by atoms with Crippen molar-refractivity contribution in [3.63, 3.8) is 0 Å². The van der Waals surface area contributed by atoms with Gasteiger partial charge in [0.1, 0.15) is 11.5 Å². The molecule has 0 aliphatic heterocycles. The maximum absolute atomic E-state index is 12.3. The van der Waals surface area contributed by atoms with E-state index in [0.717, 1.165) is 5.56 Å². The molecule has 1 unspecified atom stereocenters. The van der Waals surface area contributed by atoms with Gasteiger partial charge in [-0.1, -0.05) is 13.0 Å². The first-order chi connectivity index (χ1) is 9.04. The Bertz CT molecular complexity index is 420. The SMILES string of the molecule is CCOC(=O)C(C)(CC)c1c(OC)cccc1OC. The molecule has 0 amide bonds. The summed E-state index contributed by atoms with van der Waals surface area (Å²) in [5.41, 5.74) is -0.0468. The van der Waals surface area contributed by atoms with Crippen LogP contribution >= 0.6 is 0 Å². The van der Waals surface area contributed by atoms with Gasteiger partial charge in [0.2, 0.25) is 0 Å². The molecule has 106 valence electrons. The molecule has 1 aromatic rings. The summed E-state index contributed by atoms with van der Waals surface area (Å²) in [6.07, 6.45) is 0.600. The van der Waals surface area contributed by atoms with Crippen LogP contribution in [0.1, 0.15) is 32.8 Å². The van der Waals surface area contributed by atoms with Gasteiger partial charge in [-0.15, -0.1) is 0 Å². The summed E-state index contributed by atoms with van der Waals surface area (Å²) in [7, 11) is 3.17. The van der Waals surface area contributed by atoms with Gasteiger partial charge in [0.25, 0.3) is 0 Å². The van der Waals surface area contributed by atoms with Gasteiger partial charge >= 0.3 is 5.97 Å². The molecule has 0 bridgehead atoms. The zero-order chi connectivity index (χ0) is 14.5. The number of ether oxygens (including phenoxy) is 3. The van der Waals surface area contributed by atoms with Crippen LogP contribution in [0.2, 0.25) is 0 Å². The Morgan fingerprint density at radius 1 is 1.16 bits per heavy atom. The van der Waals surface area contributed by atoms with Gasteiger partial charge in [-0.05, 0) is 32.4 Å². The van der Waals surface area contributed by atoms with E-state index < -0.39 is 5.41 Å². The first kappa shape index (κ1) is 15.3. The monoisotopic (exact) mass is 266 g/mol. The topological polar surface area (TPSA) is 44.8 Å². The molecule has 1 rings (SSSR count). The van der Waals surface area contributed by atoms with Crippen molar-refractivity contribution in [3.8, 4) is 11.5 Å². The molecular formula is C15H22O4. The molecule has 0 aliphatic carbocycles. The number of rotatable bonds is 6. The maximum Gasteiger partial charge on any atom is 0.316 e. The van der Waals surface area contributed by atoms with Crippen LogP contribution in [-0.4, -0.2) is 26.8 Å². The van der Waals surface area contributed by atoms with Gasteiger partial charge in [0, 0.05) is 0 Å². The van der Waals surface area contributed by atoms with Crippen LogP contribution in [0.5, 0.6) is 11.5 Å².